The number of benzene rings is 3. The lowest BCUT2D eigenvalue weighted by molar-refractivity contribution is -0.144. The van der Waals surface area contributed by atoms with E-state index in [1.807, 2.05) is 41.1 Å². The summed E-state index contributed by atoms with van der Waals surface area (Å²) < 4.78 is 7.08. The summed E-state index contributed by atoms with van der Waals surface area (Å²) >= 11 is 0. The molecular formula is C26H23N3O2. The molecule has 0 spiro atoms. The number of hydrogen-bond donors (Lipinski definition) is 1. The highest BCUT2D eigenvalue weighted by Gasteiger charge is 2.46. The van der Waals surface area contributed by atoms with Crippen LogP contribution in [0.4, 0.5) is 0 Å². The molecule has 1 aliphatic carbocycles. The highest BCUT2D eigenvalue weighted by molar-refractivity contribution is 5.84. The number of aromatic nitrogens is 2. The molecule has 0 aliphatic heterocycles. The SMILES string of the molecule is COC(=O)[C@H](Cn1ccnc1)NC1(c2ccccc2)c2ccccc2-c2ccccc21. The van der Waals surface area contributed by atoms with Crippen LogP contribution in [0.5, 0.6) is 0 Å². The molecule has 1 atom stereocenters. The van der Waals surface area contributed by atoms with Crippen LogP contribution in [0.15, 0.2) is 97.6 Å². The first-order valence-corrected chi connectivity index (χ1v) is 10.3. The molecule has 0 saturated carbocycles. The molecule has 1 aromatic heterocycles. The summed E-state index contributed by atoms with van der Waals surface area (Å²) in [6.07, 6.45) is 5.27. The summed E-state index contributed by atoms with van der Waals surface area (Å²) in [6, 6.07) is 26.5. The molecule has 0 saturated heterocycles. The maximum absolute atomic E-state index is 12.9. The number of esters is 1. The van der Waals surface area contributed by atoms with Crippen molar-refractivity contribution in [3.05, 3.63) is 114 Å². The molecule has 5 nitrogen and oxygen atoms in total. The van der Waals surface area contributed by atoms with Crippen molar-refractivity contribution in [1.29, 1.82) is 0 Å². The first kappa shape index (κ1) is 19.3. The number of methoxy groups -OCH3 is 1. The van der Waals surface area contributed by atoms with Crippen molar-refractivity contribution in [3.63, 3.8) is 0 Å². The summed E-state index contributed by atoms with van der Waals surface area (Å²) in [5.41, 5.74) is 4.98. The van der Waals surface area contributed by atoms with Crippen LogP contribution >= 0.6 is 0 Å². The predicted octanol–water partition coefficient (Wildman–Crippen LogP) is 3.99. The van der Waals surface area contributed by atoms with Crippen molar-refractivity contribution >= 4 is 5.97 Å². The smallest absolute Gasteiger partial charge is 0.324 e. The number of nitrogens with zero attached hydrogens (tertiary/aromatic N) is 2. The highest BCUT2D eigenvalue weighted by atomic mass is 16.5. The predicted molar refractivity (Wildman–Crippen MR) is 119 cm³/mol. The standard InChI is InChI=1S/C26H23N3O2/c1-31-25(30)24(17-29-16-15-27-18-29)28-26(19-9-3-2-4-10-19)22-13-7-5-11-20(22)21-12-6-8-14-23(21)26/h2-16,18,24,28H,17H2,1H3/t24-/m0/s1. The largest absolute Gasteiger partial charge is 0.468 e. The van der Waals surface area contributed by atoms with E-state index in [0.29, 0.717) is 6.54 Å². The monoisotopic (exact) mass is 409 g/mol. The van der Waals surface area contributed by atoms with Crippen molar-refractivity contribution in [2.75, 3.05) is 7.11 Å². The third-order valence-electron chi connectivity index (χ3n) is 5.99. The van der Waals surface area contributed by atoms with Gasteiger partial charge in [-0.3, -0.25) is 10.1 Å². The molecule has 1 heterocycles. The van der Waals surface area contributed by atoms with E-state index in [4.69, 9.17) is 4.74 Å². The lowest BCUT2D eigenvalue weighted by Gasteiger charge is -2.37. The van der Waals surface area contributed by atoms with Gasteiger partial charge >= 0.3 is 5.97 Å². The van der Waals surface area contributed by atoms with Crippen LogP contribution in [-0.2, 0) is 21.6 Å². The number of ether oxygens (including phenoxy) is 1. The summed E-state index contributed by atoms with van der Waals surface area (Å²) in [6.45, 7) is 0.408. The average Bonchev–Trinajstić information content (AvgIpc) is 3.44. The third-order valence-corrected chi connectivity index (χ3v) is 5.99. The number of fused-ring (bicyclic) bond motifs is 3. The zero-order chi connectivity index (χ0) is 21.3. The first-order chi connectivity index (χ1) is 15.2. The van der Waals surface area contributed by atoms with Crippen LogP contribution in [0.25, 0.3) is 11.1 Å². The number of rotatable bonds is 6. The molecule has 5 rings (SSSR count). The molecule has 0 amide bonds. The van der Waals surface area contributed by atoms with Gasteiger partial charge in [-0.25, -0.2) is 4.98 Å². The van der Waals surface area contributed by atoms with Crippen molar-refractivity contribution in [3.8, 4) is 11.1 Å². The fourth-order valence-electron chi connectivity index (χ4n) is 4.66. The van der Waals surface area contributed by atoms with Crippen LogP contribution in [-0.4, -0.2) is 28.7 Å². The van der Waals surface area contributed by atoms with Crippen molar-refractivity contribution in [2.24, 2.45) is 0 Å². The van der Waals surface area contributed by atoms with Gasteiger partial charge in [0.1, 0.15) is 6.04 Å². The van der Waals surface area contributed by atoms with Gasteiger partial charge in [0.25, 0.3) is 0 Å². The van der Waals surface area contributed by atoms with E-state index in [1.165, 1.54) is 18.2 Å². The lowest BCUT2D eigenvalue weighted by Crippen LogP contribution is -2.53. The minimum atomic E-state index is -0.687. The highest BCUT2D eigenvalue weighted by Crippen LogP contribution is 2.51. The number of carbonyl (C=O) groups excluding carboxylic acids is 1. The fourth-order valence-corrected chi connectivity index (χ4v) is 4.66. The Morgan fingerprint density at radius 3 is 2.16 bits per heavy atom. The van der Waals surface area contributed by atoms with Crippen LogP contribution in [0.1, 0.15) is 16.7 Å². The van der Waals surface area contributed by atoms with Gasteiger partial charge in [0.05, 0.1) is 19.0 Å². The number of imidazole rings is 1. The first-order valence-electron chi connectivity index (χ1n) is 10.3. The van der Waals surface area contributed by atoms with E-state index >= 15 is 0 Å². The average molecular weight is 409 g/mol. The summed E-state index contributed by atoms with van der Waals surface area (Å²) in [7, 11) is 1.43. The van der Waals surface area contributed by atoms with Gasteiger partial charge in [0, 0.05) is 18.9 Å². The Labute approximate surface area is 181 Å². The number of nitrogens with one attached hydrogen (secondary N) is 1. The zero-order valence-corrected chi connectivity index (χ0v) is 17.2. The normalized spacial score (nSPS) is 14.5. The Kier molecular flexibility index (Phi) is 4.88. The van der Waals surface area contributed by atoms with E-state index in [2.05, 4.69) is 58.8 Å². The second kappa shape index (κ2) is 7.85. The molecule has 1 aliphatic rings. The molecule has 0 bridgehead atoms. The van der Waals surface area contributed by atoms with Crippen LogP contribution in [0.3, 0.4) is 0 Å². The van der Waals surface area contributed by atoms with Gasteiger partial charge in [-0.05, 0) is 27.8 Å². The Balaban J connectivity index is 1.73. The summed E-state index contributed by atoms with van der Waals surface area (Å²) in [4.78, 5) is 17.0. The molecule has 4 aromatic rings. The molecular weight excluding hydrogens is 386 g/mol. The molecule has 1 N–H and O–H groups in total. The Morgan fingerprint density at radius 2 is 1.58 bits per heavy atom. The topological polar surface area (TPSA) is 56.2 Å². The van der Waals surface area contributed by atoms with Gasteiger partial charge in [-0.15, -0.1) is 0 Å². The second-order valence-corrected chi connectivity index (χ2v) is 7.69. The minimum absolute atomic E-state index is 0.314. The molecule has 5 heteroatoms. The molecule has 0 radical (unpaired) electrons. The second-order valence-electron chi connectivity index (χ2n) is 7.69. The van der Waals surface area contributed by atoms with Gasteiger partial charge in [-0.2, -0.15) is 0 Å². The van der Waals surface area contributed by atoms with Gasteiger partial charge in [0.2, 0.25) is 0 Å². The van der Waals surface area contributed by atoms with E-state index < -0.39 is 11.6 Å². The van der Waals surface area contributed by atoms with Gasteiger partial charge in [-0.1, -0.05) is 78.9 Å². The van der Waals surface area contributed by atoms with Crippen LogP contribution < -0.4 is 5.32 Å². The fraction of sp³-hybridized carbons (Fsp3) is 0.154. The maximum atomic E-state index is 12.9. The zero-order valence-electron chi connectivity index (χ0n) is 17.2. The number of carbonyl (C=O) groups is 1. The van der Waals surface area contributed by atoms with E-state index in [0.717, 1.165) is 16.7 Å². The summed E-state index contributed by atoms with van der Waals surface area (Å²) in [5, 5.41) is 3.72. The van der Waals surface area contributed by atoms with Crippen molar-refractivity contribution in [1.82, 2.24) is 14.9 Å². The Hall–Kier alpha value is -3.70. The third kappa shape index (κ3) is 3.14. The number of hydrogen-bond acceptors (Lipinski definition) is 4. The summed E-state index contributed by atoms with van der Waals surface area (Å²) in [5.74, 6) is -0.314. The Morgan fingerprint density at radius 1 is 0.968 bits per heavy atom. The molecule has 0 unspecified atom stereocenters. The molecule has 154 valence electrons. The van der Waals surface area contributed by atoms with E-state index in [-0.39, 0.29) is 5.97 Å². The lowest BCUT2D eigenvalue weighted by atomic mass is 9.80. The van der Waals surface area contributed by atoms with Crippen LogP contribution in [0, 0.1) is 0 Å². The minimum Gasteiger partial charge on any atom is -0.468 e. The molecule has 31 heavy (non-hydrogen) atoms. The molecule has 3 aromatic carbocycles. The van der Waals surface area contributed by atoms with Crippen molar-refractivity contribution in [2.45, 2.75) is 18.1 Å². The molecule has 0 fully saturated rings. The van der Waals surface area contributed by atoms with Crippen LogP contribution in [0.2, 0.25) is 0 Å². The van der Waals surface area contributed by atoms with Gasteiger partial charge in [0.15, 0.2) is 0 Å². The van der Waals surface area contributed by atoms with E-state index in [1.54, 1.807) is 12.5 Å². The quantitative estimate of drug-likeness (QED) is 0.490. The van der Waals surface area contributed by atoms with Crippen molar-refractivity contribution < 1.29 is 9.53 Å². The van der Waals surface area contributed by atoms with E-state index in [9.17, 15) is 4.79 Å². The maximum Gasteiger partial charge on any atom is 0.324 e. The van der Waals surface area contributed by atoms with Gasteiger partial charge < -0.3 is 9.30 Å². The Bertz CT molecular complexity index is 1160.